The van der Waals surface area contributed by atoms with Gasteiger partial charge in [-0.05, 0) is 35.9 Å². The van der Waals surface area contributed by atoms with Crippen molar-refractivity contribution in [3.63, 3.8) is 0 Å². The van der Waals surface area contributed by atoms with Gasteiger partial charge in [-0.2, -0.15) is 0 Å². The average Bonchev–Trinajstić information content (AvgIpc) is 2.75. The van der Waals surface area contributed by atoms with E-state index in [-0.39, 0.29) is 5.82 Å². The monoisotopic (exact) mass is 274 g/mol. The predicted octanol–water partition coefficient (Wildman–Crippen LogP) is 3.60. The molecule has 0 atom stereocenters. The van der Waals surface area contributed by atoms with Gasteiger partial charge >= 0.3 is 0 Å². The van der Waals surface area contributed by atoms with Gasteiger partial charge < -0.3 is 10.5 Å². The minimum absolute atomic E-state index is 0.258. The van der Waals surface area contributed by atoms with Crippen LogP contribution in [0.3, 0.4) is 0 Å². The van der Waals surface area contributed by atoms with E-state index >= 15 is 0 Å². The highest BCUT2D eigenvalue weighted by molar-refractivity contribution is 7.22. The first-order chi connectivity index (χ1) is 9.20. The molecule has 0 fully saturated rings. The summed E-state index contributed by atoms with van der Waals surface area (Å²) in [5, 5.41) is 0.539. The Bertz CT molecular complexity index is 726. The smallest absolute Gasteiger partial charge is 0.181 e. The van der Waals surface area contributed by atoms with Crippen molar-refractivity contribution in [2.24, 2.45) is 0 Å². The molecule has 96 valence electrons. The summed E-state index contributed by atoms with van der Waals surface area (Å²) in [4.78, 5) is 4.18. The van der Waals surface area contributed by atoms with Crippen LogP contribution in [-0.2, 0) is 6.61 Å². The third kappa shape index (κ3) is 2.66. The number of hydrogen-bond donors (Lipinski definition) is 1. The predicted molar refractivity (Wildman–Crippen MR) is 74.8 cm³/mol. The first kappa shape index (κ1) is 11.9. The van der Waals surface area contributed by atoms with E-state index in [9.17, 15) is 4.39 Å². The lowest BCUT2D eigenvalue weighted by Crippen LogP contribution is -1.95. The molecule has 3 rings (SSSR count). The molecule has 0 aliphatic carbocycles. The van der Waals surface area contributed by atoms with E-state index in [4.69, 9.17) is 10.5 Å². The van der Waals surface area contributed by atoms with Gasteiger partial charge in [-0.15, -0.1) is 0 Å². The van der Waals surface area contributed by atoms with Gasteiger partial charge in [0, 0.05) is 0 Å². The largest absolute Gasteiger partial charge is 0.489 e. The molecule has 2 N–H and O–H groups in total. The van der Waals surface area contributed by atoms with Crippen LogP contribution in [0.2, 0.25) is 0 Å². The highest BCUT2D eigenvalue weighted by Crippen LogP contribution is 2.27. The maximum atomic E-state index is 13.0. The van der Waals surface area contributed by atoms with E-state index in [1.807, 2.05) is 24.3 Å². The Morgan fingerprint density at radius 3 is 2.95 bits per heavy atom. The van der Waals surface area contributed by atoms with E-state index in [1.165, 1.54) is 23.5 Å². The lowest BCUT2D eigenvalue weighted by molar-refractivity contribution is 0.306. The summed E-state index contributed by atoms with van der Waals surface area (Å²) in [6, 6.07) is 12.0. The lowest BCUT2D eigenvalue weighted by Gasteiger charge is -2.06. The van der Waals surface area contributed by atoms with Crippen molar-refractivity contribution in [3.05, 3.63) is 53.8 Å². The van der Waals surface area contributed by atoms with Gasteiger partial charge in [0.05, 0.1) is 10.2 Å². The summed E-state index contributed by atoms with van der Waals surface area (Å²) in [6.45, 7) is 0.331. The van der Waals surface area contributed by atoms with Gasteiger partial charge in [0.2, 0.25) is 0 Å². The normalized spacial score (nSPS) is 10.8. The third-order valence-corrected chi connectivity index (χ3v) is 3.52. The number of fused-ring (bicyclic) bond motifs is 1. The van der Waals surface area contributed by atoms with Crippen LogP contribution in [0, 0.1) is 5.82 Å². The minimum Gasteiger partial charge on any atom is -0.489 e. The van der Waals surface area contributed by atoms with Crippen LogP contribution in [-0.4, -0.2) is 4.98 Å². The molecule has 19 heavy (non-hydrogen) atoms. The fourth-order valence-electron chi connectivity index (χ4n) is 1.81. The van der Waals surface area contributed by atoms with E-state index in [0.29, 0.717) is 11.7 Å². The number of rotatable bonds is 3. The van der Waals surface area contributed by atoms with Crippen molar-refractivity contribution in [1.29, 1.82) is 0 Å². The molecule has 0 bridgehead atoms. The number of halogens is 1. The first-order valence-electron chi connectivity index (χ1n) is 5.74. The maximum absolute atomic E-state index is 13.0. The minimum atomic E-state index is -0.258. The average molecular weight is 274 g/mol. The van der Waals surface area contributed by atoms with Gasteiger partial charge in [-0.25, -0.2) is 9.37 Å². The van der Waals surface area contributed by atoms with Crippen LogP contribution in [0.25, 0.3) is 10.2 Å². The Labute approximate surface area is 113 Å². The Morgan fingerprint density at radius 1 is 1.21 bits per heavy atom. The molecule has 0 radical (unpaired) electrons. The number of anilines is 1. The van der Waals surface area contributed by atoms with Crippen molar-refractivity contribution >= 4 is 26.7 Å². The summed E-state index contributed by atoms with van der Waals surface area (Å²) in [7, 11) is 0. The molecule has 0 aliphatic heterocycles. The van der Waals surface area contributed by atoms with Gasteiger partial charge in [-0.1, -0.05) is 23.5 Å². The number of ether oxygens (including phenoxy) is 1. The molecule has 2 aromatic carbocycles. The second-order valence-corrected chi connectivity index (χ2v) is 5.16. The number of benzene rings is 2. The molecule has 0 amide bonds. The summed E-state index contributed by atoms with van der Waals surface area (Å²) in [5.41, 5.74) is 7.30. The highest BCUT2D eigenvalue weighted by Gasteiger charge is 2.03. The Kier molecular flexibility index (Phi) is 3.05. The van der Waals surface area contributed by atoms with Crippen molar-refractivity contribution in [3.8, 4) is 5.75 Å². The molecule has 3 nitrogen and oxygen atoms in total. The maximum Gasteiger partial charge on any atom is 0.181 e. The number of hydrogen-bond acceptors (Lipinski definition) is 4. The molecule has 0 aliphatic rings. The molecule has 0 unspecified atom stereocenters. The van der Waals surface area contributed by atoms with Crippen molar-refractivity contribution in [1.82, 2.24) is 4.98 Å². The van der Waals surface area contributed by atoms with Gasteiger partial charge in [0.15, 0.2) is 5.13 Å². The van der Waals surface area contributed by atoms with Crippen LogP contribution in [0.5, 0.6) is 5.75 Å². The van der Waals surface area contributed by atoms with E-state index < -0.39 is 0 Å². The fraction of sp³-hybridized carbons (Fsp3) is 0.0714. The van der Waals surface area contributed by atoms with Crippen molar-refractivity contribution < 1.29 is 9.13 Å². The number of nitrogens with zero attached hydrogens (tertiary/aromatic N) is 1. The quantitative estimate of drug-likeness (QED) is 0.794. The SMILES string of the molecule is Nc1nc2ccc(OCc3cccc(F)c3)cc2s1. The van der Waals surface area contributed by atoms with E-state index in [0.717, 1.165) is 21.5 Å². The lowest BCUT2D eigenvalue weighted by atomic mass is 10.2. The molecule has 0 spiro atoms. The molecule has 3 aromatic rings. The van der Waals surface area contributed by atoms with Crippen LogP contribution < -0.4 is 10.5 Å². The molecule has 1 heterocycles. The van der Waals surface area contributed by atoms with Crippen LogP contribution in [0.1, 0.15) is 5.56 Å². The number of nitrogens with two attached hydrogens (primary N) is 1. The zero-order valence-electron chi connectivity index (χ0n) is 9.97. The molecule has 0 saturated heterocycles. The number of nitrogen functional groups attached to an aromatic ring is 1. The first-order valence-corrected chi connectivity index (χ1v) is 6.56. The van der Waals surface area contributed by atoms with Gasteiger partial charge in [0.25, 0.3) is 0 Å². The number of thiazole rings is 1. The molecular formula is C14H11FN2OS. The van der Waals surface area contributed by atoms with E-state index in [1.54, 1.807) is 6.07 Å². The summed E-state index contributed by atoms with van der Waals surface area (Å²) in [5.74, 6) is 0.465. The summed E-state index contributed by atoms with van der Waals surface area (Å²) in [6.07, 6.45) is 0. The second kappa shape index (κ2) is 4.85. The van der Waals surface area contributed by atoms with Crippen LogP contribution in [0.4, 0.5) is 9.52 Å². The molecule has 5 heteroatoms. The third-order valence-electron chi connectivity index (χ3n) is 2.67. The van der Waals surface area contributed by atoms with Gasteiger partial charge in [-0.3, -0.25) is 0 Å². The summed E-state index contributed by atoms with van der Waals surface area (Å²) < 4.78 is 19.6. The standard InChI is InChI=1S/C14H11FN2OS/c15-10-3-1-2-9(6-10)8-18-11-4-5-12-13(7-11)19-14(16)17-12/h1-7H,8H2,(H2,16,17). The molecule has 0 saturated carbocycles. The molecular weight excluding hydrogens is 263 g/mol. The number of aromatic nitrogens is 1. The Hall–Kier alpha value is -2.14. The topological polar surface area (TPSA) is 48.1 Å². The second-order valence-electron chi connectivity index (χ2n) is 4.10. The highest BCUT2D eigenvalue weighted by atomic mass is 32.1. The molecule has 1 aromatic heterocycles. The van der Waals surface area contributed by atoms with Crippen LogP contribution >= 0.6 is 11.3 Å². The van der Waals surface area contributed by atoms with E-state index in [2.05, 4.69) is 4.98 Å². The fourth-order valence-corrected chi connectivity index (χ4v) is 2.57. The zero-order chi connectivity index (χ0) is 13.2. The summed E-state index contributed by atoms with van der Waals surface area (Å²) >= 11 is 1.42. The zero-order valence-corrected chi connectivity index (χ0v) is 10.8. The van der Waals surface area contributed by atoms with Crippen molar-refractivity contribution in [2.45, 2.75) is 6.61 Å². The Balaban J connectivity index is 1.78. The van der Waals surface area contributed by atoms with Crippen LogP contribution in [0.15, 0.2) is 42.5 Å². The van der Waals surface area contributed by atoms with Crippen molar-refractivity contribution in [2.75, 3.05) is 5.73 Å². The Morgan fingerprint density at radius 2 is 2.11 bits per heavy atom. The van der Waals surface area contributed by atoms with Gasteiger partial charge in [0.1, 0.15) is 18.2 Å².